The Hall–Kier alpha value is -1.42. The first-order valence-electron chi connectivity index (χ1n) is 3.48. The number of rotatable bonds is 0. The Labute approximate surface area is 68.8 Å². The summed E-state index contributed by atoms with van der Waals surface area (Å²) in [6, 6.07) is 3.89. The molecule has 0 spiro atoms. The molecule has 1 unspecified atom stereocenters. The number of benzene rings is 1. The van der Waals surface area contributed by atoms with Crippen LogP contribution in [0.2, 0.25) is 0 Å². The summed E-state index contributed by atoms with van der Waals surface area (Å²) in [6.45, 7) is 0. The number of carbonyl (C=O) groups excluding carboxylic acids is 1. The summed E-state index contributed by atoms with van der Waals surface area (Å²) in [4.78, 5) is 11.4. The highest BCUT2D eigenvalue weighted by Gasteiger charge is 2.25. The number of fused-ring (bicyclic) bond motifs is 1. The van der Waals surface area contributed by atoms with Gasteiger partial charge in [-0.05, 0) is 6.07 Å². The zero-order chi connectivity index (χ0) is 8.72. The zero-order valence-electron chi connectivity index (χ0n) is 6.23. The molecule has 62 valence electrons. The van der Waals surface area contributed by atoms with Gasteiger partial charge in [0.25, 0.3) is 0 Å². The lowest BCUT2D eigenvalue weighted by Gasteiger charge is -2.07. The van der Waals surface area contributed by atoms with E-state index in [0.29, 0.717) is 16.3 Å². The van der Waals surface area contributed by atoms with Crippen molar-refractivity contribution >= 4 is 17.4 Å². The van der Waals surface area contributed by atoms with Crippen LogP contribution < -0.4 is 10.2 Å². The largest absolute Gasteiger partial charge is 0.398 e. The van der Waals surface area contributed by atoms with Gasteiger partial charge in [-0.3, -0.25) is 5.32 Å². The van der Waals surface area contributed by atoms with Crippen LogP contribution in [0.4, 0.5) is 20.6 Å². The Kier molecular flexibility index (Phi) is 1.38. The van der Waals surface area contributed by atoms with Crippen molar-refractivity contribution in [1.29, 1.82) is 0 Å². The van der Waals surface area contributed by atoms with Crippen LogP contribution in [-0.4, -0.2) is 6.03 Å². The molecule has 12 heavy (non-hydrogen) atoms. The second-order valence-electron chi connectivity index (χ2n) is 2.62. The van der Waals surface area contributed by atoms with Crippen molar-refractivity contribution in [3.05, 3.63) is 31.1 Å². The molecule has 2 rings (SSSR count). The number of hydrogen-bond acceptors (Lipinski definition) is 1. The van der Waals surface area contributed by atoms with E-state index < -0.39 is 0 Å². The van der Waals surface area contributed by atoms with Gasteiger partial charge in [0, 0.05) is 12.1 Å². The van der Waals surface area contributed by atoms with Crippen LogP contribution in [0.5, 0.6) is 0 Å². The van der Waals surface area contributed by atoms with Gasteiger partial charge in [-0.1, -0.05) is 0 Å². The van der Waals surface area contributed by atoms with Gasteiger partial charge in [0.15, 0.2) is 0 Å². The Bertz CT molecular complexity index is 351. The van der Waals surface area contributed by atoms with Gasteiger partial charge < -0.3 is 4.90 Å². The molecule has 2 amide bonds. The third-order valence-electron chi connectivity index (χ3n) is 1.83. The SMILES string of the molecule is [CH2-][NH+]1C(=O)Nc2cc(F)ccc21. The topological polar surface area (TPSA) is 33.5 Å². The molecule has 4 heteroatoms. The monoisotopic (exact) mass is 166 g/mol. The van der Waals surface area contributed by atoms with E-state index in [0.717, 1.165) is 0 Å². The van der Waals surface area contributed by atoms with Crippen LogP contribution in [0, 0.1) is 12.9 Å². The molecule has 2 N–H and O–H groups in total. The molecule has 3 nitrogen and oxygen atoms in total. The predicted octanol–water partition coefficient (Wildman–Crippen LogP) is 0.679. The molecule has 0 fully saturated rings. The summed E-state index contributed by atoms with van der Waals surface area (Å²) in [7, 11) is 3.57. The molecule has 1 aliphatic rings. The van der Waals surface area contributed by atoms with E-state index in [1.165, 1.54) is 12.1 Å². The molecule has 1 aliphatic heterocycles. The molecule has 0 radical (unpaired) electrons. The number of nitrogens with one attached hydrogen (secondary N) is 2. The summed E-state index contributed by atoms with van der Waals surface area (Å²) in [5, 5.41) is 2.51. The first-order valence-corrected chi connectivity index (χ1v) is 3.48. The Morgan fingerprint density at radius 3 is 3.00 bits per heavy atom. The van der Waals surface area contributed by atoms with E-state index >= 15 is 0 Å². The lowest BCUT2D eigenvalue weighted by Crippen LogP contribution is -3.03. The van der Waals surface area contributed by atoms with Crippen molar-refractivity contribution < 1.29 is 14.1 Å². The lowest BCUT2D eigenvalue weighted by atomic mass is 10.2. The molecular weight excluding hydrogens is 159 g/mol. The second kappa shape index (κ2) is 2.28. The van der Waals surface area contributed by atoms with Crippen LogP contribution in [0.1, 0.15) is 0 Å². The highest BCUT2D eigenvalue weighted by molar-refractivity contribution is 5.93. The normalized spacial score (nSPS) is 20.5. The molecule has 1 heterocycles. The first-order chi connectivity index (χ1) is 5.68. The second-order valence-corrected chi connectivity index (χ2v) is 2.62. The summed E-state index contributed by atoms with van der Waals surface area (Å²) >= 11 is 0. The predicted molar refractivity (Wildman–Crippen MR) is 41.4 cm³/mol. The first kappa shape index (κ1) is 7.24. The minimum absolute atomic E-state index is 0.254. The van der Waals surface area contributed by atoms with Gasteiger partial charge in [-0.2, -0.15) is 0 Å². The van der Waals surface area contributed by atoms with Gasteiger partial charge >= 0.3 is 6.03 Å². The van der Waals surface area contributed by atoms with Gasteiger partial charge in [0.1, 0.15) is 17.2 Å². The fourth-order valence-electron chi connectivity index (χ4n) is 1.20. The molecule has 0 saturated carbocycles. The van der Waals surface area contributed by atoms with Gasteiger partial charge in [0.05, 0.1) is 0 Å². The molecule has 1 aromatic carbocycles. The van der Waals surface area contributed by atoms with Crippen LogP contribution in [-0.2, 0) is 0 Å². The molecule has 0 saturated heterocycles. The number of urea groups is 1. The van der Waals surface area contributed by atoms with Gasteiger partial charge in [-0.15, -0.1) is 7.05 Å². The average Bonchev–Trinajstić information content (AvgIpc) is 2.28. The van der Waals surface area contributed by atoms with Crippen LogP contribution in [0.3, 0.4) is 0 Å². The Morgan fingerprint density at radius 1 is 1.50 bits per heavy atom. The minimum atomic E-state index is -0.358. The summed E-state index contributed by atoms with van der Waals surface area (Å²) < 4.78 is 12.6. The molecule has 0 aliphatic carbocycles. The van der Waals surface area contributed by atoms with E-state index in [1.807, 2.05) is 0 Å². The summed E-state index contributed by atoms with van der Waals surface area (Å²) in [5.41, 5.74) is 1.19. The number of hydrogen-bond donors (Lipinski definition) is 2. The smallest absolute Gasteiger partial charge is 0.349 e. The Balaban J connectivity index is 2.54. The van der Waals surface area contributed by atoms with Crippen molar-refractivity contribution in [2.45, 2.75) is 0 Å². The third kappa shape index (κ3) is 0.887. The molecule has 1 aromatic rings. The fourth-order valence-corrected chi connectivity index (χ4v) is 1.20. The number of halogens is 1. The van der Waals surface area contributed by atoms with E-state index in [4.69, 9.17) is 0 Å². The number of carbonyl (C=O) groups is 1. The van der Waals surface area contributed by atoms with Crippen LogP contribution in [0.15, 0.2) is 18.2 Å². The highest BCUT2D eigenvalue weighted by Crippen LogP contribution is 2.22. The summed E-state index contributed by atoms with van der Waals surface area (Å²) in [6.07, 6.45) is 0. The van der Waals surface area contributed by atoms with E-state index in [-0.39, 0.29) is 11.8 Å². The molecule has 1 atom stereocenters. The quantitative estimate of drug-likeness (QED) is 0.546. The van der Waals surface area contributed by atoms with E-state index in [2.05, 4.69) is 12.4 Å². The van der Waals surface area contributed by atoms with E-state index in [9.17, 15) is 9.18 Å². The lowest BCUT2D eigenvalue weighted by molar-refractivity contribution is -0.679. The molecule has 0 bridgehead atoms. The van der Waals surface area contributed by atoms with Gasteiger partial charge in [-0.25, -0.2) is 9.18 Å². The summed E-state index contributed by atoms with van der Waals surface area (Å²) in [5.74, 6) is -0.358. The average molecular weight is 166 g/mol. The van der Waals surface area contributed by atoms with Crippen molar-refractivity contribution in [1.82, 2.24) is 0 Å². The number of anilines is 1. The zero-order valence-corrected chi connectivity index (χ0v) is 6.23. The minimum Gasteiger partial charge on any atom is -0.349 e. The standard InChI is InChI=1S/C8H7FN2O/c1-11-7-3-2-5(9)4-6(7)10-8(11)12/h2-4,11H,1H2,(H,10,12). The highest BCUT2D eigenvalue weighted by atomic mass is 19.1. The number of amides is 2. The molecule has 0 aromatic heterocycles. The van der Waals surface area contributed by atoms with E-state index in [1.54, 1.807) is 6.07 Å². The van der Waals surface area contributed by atoms with Crippen molar-refractivity contribution in [3.8, 4) is 0 Å². The number of quaternary nitrogens is 1. The van der Waals surface area contributed by atoms with Crippen molar-refractivity contribution in [2.75, 3.05) is 5.32 Å². The van der Waals surface area contributed by atoms with Crippen LogP contribution in [0.25, 0.3) is 0 Å². The third-order valence-corrected chi connectivity index (χ3v) is 1.83. The fraction of sp³-hybridized carbons (Fsp3) is 0. The molecular formula is C8H7FN2O. The van der Waals surface area contributed by atoms with Crippen molar-refractivity contribution in [2.24, 2.45) is 0 Å². The maximum atomic E-state index is 12.6. The van der Waals surface area contributed by atoms with Crippen molar-refractivity contribution in [3.63, 3.8) is 0 Å². The van der Waals surface area contributed by atoms with Crippen LogP contribution >= 0.6 is 0 Å². The Morgan fingerprint density at radius 2 is 2.25 bits per heavy atom. The maximum absolute atomic E-state index is 12.6. The maximum Gasteiger partial charge on any atom is 0.398 e. The van der Waals surface area contributed by atoms with Gasteiger partial charge in [0.2, 0.25) is 0 Å².